The van der Waals surface area contributed by atoms with Crippen LogP contribution in [0.2, 0.25) is 0 Å². The van der Waals surface area contributed by atoms with Crippen LogP contribution in [-0.2, 0) is 9.47 Å². The smallest absolute Gasteiger partial charge is 0.157 e. The monoisotopic (exact) mass is 130 g/mol. The van der Waals surface area contributed by atoms with Crippen LogP contribution < -0.4 is 0 Å². The minimum atomic E-state index is 0.0394. The van der Waals surface area contributed by atoms with E-state index in [9.17, 15) is 0 Å². The van der Waals surface area contributed by atoms with Crippen molar-refractivity contribution in [3.8, 4) is 0 Å². The van der Waals surface area contributed by atoms with Crippen molar-refractivity contribution in [2.24, 2.45) is 5.92 Å². The summed E-state index contributed by atoms with van der Waals surface area (Å²) >= 11 is 0. The molecule has 1 saturated carbocycles. The predicted molar refractivity (Wildman–Crippen MR) is 35.1 cm³/mol. The first-order valence-electron chi connectivity index (χ1n) is 3.42. The molecule has 2 nitrogen and oxygen atoms in total. The highest BCUT2D eigenvalue weighted by Crippen LogP contribution is 2.34. The lowest BCUT2D eigenvalue weighted by Crippen LogP contribution is -2.13. The Morgan fingerprint density at radius 3 is 2.22 bits per heavy atom. The maximum Gasteiger partial charge on any atom is 0.157 e. The second-order valence-corrected chi connectivity index (χ2v) is 2.58. The summed E-state index contributed by atoms with van der Waals surface area (Å²) in [4.78, 5) is 0. The molecule has 0 aliphatic heterocycles. The van der Waals surface area contributed by atoms with Crippen LogP contribution in [0.1, 0.15) is 19.3 Å². The van der Waals surface area contributed by atoms with Crippen molar-refractivity contribution in [2.45, 2.75) is 25.6 Å². The molecule has 0 bridgehead atoms. The van der Waals surface area contributed by atoms with Gasteiger partial charge < -0.3 is 9.47 Å². The standard InChI is InChI=1S/C7H14O2/c1-8-7(9-2)5-6-3-4-6/h6-7H,3-5H2,1-2H3. The van der Waals surface area contributed by atoms with E-state index in [1.165, 1.54) is 12.8 Å². The molecule has 2 heteroatoms. The summed E-state index contributed by atoms with van der Waals surface area (Å²) < 4.78 is 10.1. The zero-order valence-electron chi connectivity index (χ0n) is 6.09. The maximum atomic E-state index is 5.03. The maximum absolute atomic E-state index is 5.03. The molecule has 0 amide bonds. The van der Waals surface area contributed by atoms with Gasteiger partial charge in [-0.25, -0.2) is 0 Å². The summed E-state index contributed by atoms with van der Waals surface area (Å²) in [6.07, 6.45) is 3.84. The van der Waals surface area contributed by atoms with Gasteiger partial charge in [0.15, 0.2) is 6.29 Å². The van der Waals surface area contributed by atoms with Gasteiger partial charge in [-0.2, -0.15) is 0 Å². The van der Waals surface area contributed by atoms with Crippen LogP contribution in [0.5, 0.6) is 0 Å². The molecule has 0 heterocycles. The average molecular weight is 130 g/mol. The van der Waals surface area contributed by atoms with Crippen molar-refractivity contribution in [1.29, 1.82) is 0 Å². The molecule has 0 aromatic rings. The number of hydrogen-bond acceptors (Lipinski definition) is 2. The molecule has 1 aliphatic carbocycles. The van der Waals surface area contributed by atoms with Gasteiger partial charge in [0.25, 0.3) is 0 Å². The zero-order valence-corrected chi connectivity index (χ0v) is 6.09. The van der Waals surface area contributed by atoms with E-state index in [1.807, 2.05) is 0 Å². The van der Waals surface area contributed by atoms with E-state index in [2.05, 4.69) is 0 Å². The van der Waals surface area contributed by atoms with Crippen LogP contribution in [0.4, 0.5) is 0 Å². The molecular weight excluding hydrogens is 116 g/mol. The SMILES string of the molecule is COC(CC1CC1)OC. The van der Waals surface area contributed by atoms with E-state index >= 15 is 0 Å². The van der Waals surface area contributed by atoms with Gasteiger partial charge in [-0.05, 0) is 18.8 Å². The predicted octanol–water partition coefficient (Wildman–Crippen LogP) is 1.41. The number of hydrogen-bond donors (Lipinski definition) is 0. The van der Waals surface area contributed by atoms with Gasteiger partial charge in [0.2, 0.25) is 0 Å². The van der Waals surface area contributed by atoms with E-state index in [-0.39, 0.29) is 6.29 Å². The van der Waals surface area contributed by atoms with Gasteiger partial charge in [0.05, 0.1) is 0 Å². The van der Waals surface area contributed by atoms with Crippen LogP contribution >= 0.6 is 0 Å². The van der Waals surface area contributed by atoms with Crippen molar-refractivity contribution in [1.82, 2.24) is 0 Å². The molecule has 0 atom stereocenters. The minimum Gasteiger partial charge on any atom is -0.356 e. The average Bonchev–Trinajstić information content (AvgIpc) is 2.66. The Morgan fingerprint density at radius 1 is 1.33 bits per heavy atom. The Balaban J connectivity index is 2.05. The lowest BCUT2D eigenvalue weighted by atomic mass is 10.3. The summed E-state index contributed by atoms with van der Waals surface area (Å²) in [5.41, 5.74) is 0. The fourth-order valence-corrected chi connectivity index (χ4v) is 0.914. The quantitative estimate of drug-likeness (QED) is 0.535. The van der Waals surface area contributed by atoms with Crippen molar-refractivity contribution in [3.63, 3.8) is 0 Å². The molecule has 0 N–H and O–H groups in total. The summed E-state index contributed by atoms with van der Waals surface area (Å²) in [6, 6.07) is 0. The highest BCUT2D eigenvalue weighted by Gasteiger charge is 2.24. The molecule has 1 fully saturated rings. The van der Waals surface area contributed by atoms with Crippen molar-refractivity contribution in [2.75, 3.05) is 14.2 Å². The Bertz CT molecular complexity index is 75.0. The Hall–Kier alpha value is -0.0800. The topological polar surface area (TPSA) is 18.5 Å². The van der Waals surface area contributed by atoms with Crippen LogP contribution in [0.15, 0.2) is 0 Å². The van der Waals surface area contributed by atoms with Gasteiger partial charge in [-0.15, -0.1) is 0 Å². The third-order valence-electron chi connectivity index (χ3n) is 1.75. The van der Waals surface area contributed by atoms with Crippen LogP contribution in [-0.4, -0.2) is 20.5 Å². The Labute approximate surface area is 56.2 Å². The number of rotatable bonds is 4. The van der Waals surface area contributed by atoms with E-state index in [0.29, 0.717) is 0 Å². The van der Waals surface area contributed by atoms with Crippen molar-refractivity contribution >= 4 is 0 Å². The highest BCUT2D eigenvalue weighted by molar-refractivity contribution is 4.73. The number of methoxy groups -OCH3 is 2. The fourth-order valence-electron chi connectivity index (χ4n) is 0.914. The molecular formula is C7H14O2. The molecule has 0 radical (unpaired) electrons. The third-order valence-corrected chi connectivity index (χ3v) is 1.75. The molecule has 1 rings (SSSR count). The summed E-state index contributed by atoms with van der Waals surface area (Å²) in [7, 11) is 3.38. The highest BCUT2D eigenvalue weighted by atomic mass is 16.7. The molecule has 0 saturated heterocycles. The third kappa shape index (κ3) is 2.33. The first kappa shape index (κ1) is 7.03. The minimum absolute atomic E-state index is 0.0394. The van der Waals surface area contributed by atoms with E-state index in [4.69, 9.17) is 9.47 Å². The van der Waals surface area contributed by atoms with Crippen LogP contribution in [0, 0.1) is 5.92 Å². The largest absolute Gasteiger partial charge is 0.356 e. The lowest BCUT2D eigenvalue weighted by molar-refractivity contribution is -0.109. The van der Waals surface area contributed by atoms with Gasteiger partial charge in [-0.3, -0.25) is 0 Å². The lowest BCUT2D eigenvalue weighted by Gasteiger charge is -2.11. The van der Waals surface area contributed by atoms with Gasteiger partial charge in [0.1, 0.15) is 0 Å². The fraction of sp³-hybridized carbons (Fsp3) is 1.00. The van der Waals surface area contributed by atoms with E-state index < -0.39 is 0 Å². The van der Waals surface area contributed by atoms with E-state index in [0.717, 1.165) is 12.3 Å². The molecule has 0 spiro atoms. The van der Waals surface area contributed by atoms with Gasteiger partial charge in [-0.1, -0.05) is 0 Å². The molecule has 9 heavy (non-hydrogen) atoms. The zero-order chi connectivity index (χ0) is 6.69. The summed E-state index contributed by atoms with van der Waals surface area (Å²) in [5.74, 6) is 0.884. The first-order chi connectivity index (χ1) is 4.36. The first-order valence-corrected chi connectivity index (χ1v) is 3.42. The molecule has 1 aliphatic rings. The van der Waals surface area contributed by atoms with Crippen LogP contribution in [0.25, 0.3) is 0 Å². The number of ether oxygens (including phenoxy) is 2. The normalized spacial score (nSPS) is 19.0. The second-order valence-electron chi connectivity index (χ2n) is 2.58. The van der Waals surface area contributed by atoms with Crippen molar-refractivity contribution in [3.05, 3.63) is 0 Å². The molecule has 0 aromatic heterocycles. The molecule has 54 valence electrons. The van der Waals surface area contributed by atoms with Gasteiger partial charge >= 0.3 is 0 Å². The molecule has 0 aromatic carbocycles. The van der Waals surface area contributed by atoms with E-state index in [1.54, 1.807) is 14.2 Å². The van der Waals surface area contributed by atoms with Gasteiger partial charge in [0, 0.05) is 20.6 Å². The molecule has 0 unspecified atom stereocenters. The second kappa shape index (κ2) is 3.18. The van der Waals surface area contributed by atoms with Crippen molar-refractivity contribution < 1.29 is 9.47 Å². The Morgan fingerprint density at radius 2 is 1.89 bits per heavy atom. The summed E-state index contributed by atoms with van der Waals surface area (Å²) in [5, 5.41) is 0. The van der Waals surface area contributed by atoms with Crippen LogP contribution in [0.3, 0.4) is 0 Å². The summed E-state index contributed by atoms with van der Waals surface area (Å²) in [6.45, 7) is 0. The Kier molecular flexibility index (Phi) is 2.49.